The predicted molar refractivity (Wildman–Crippen MR) is 162 cm³/mol. The van der Waals surface area contributed by atoms with Crippen LogP contribution in [0.5, 0.6) is 5.75 Å². The Hall–Kier alpha value is -4.45. The lowest BCUT2D eigenvalue weighted by atomic mass is 9.94. The Morgan fingerprint density at radius 3 is 2.05 bits per heavy atom. The Kier molecular flexibility index (Phi) is 10.3. The number of ether oxygens (including phenoxy) is 1. The lowest BCUT2D eigenvalue weighted by molar-refractivity contribution is 0.0757. The molecule has 0 aliphatic heterocycles. The summed E-state index contributed by atoms with van der Waals surface area (Å²) in [5.41, 5.74) is 4.35. The predicted octanol–water partition coefficient (Wildman–Crippen LogP) is 7.48. The molecule has 0 heterocycles. The van der Waals surface area contributed by atoms with Crippen molar-refractivity contribution in [1.29, 1.82) is 0 Å². The van der Waals surface area contributed by atoms with Crippen LogP contribution in [0.15, 0.2) is 97.1 Å². The second-order valence-corrected chi connectivity index (χ2v) is 9.96. The average Bonchev–Trinajstić information content (AvgIpc) is 3.00. The van der Waals surface area contributed by atoms with E-state index >= 15 is 0 Å². The van der Waals surface area contributed by atoms with Gasteiger partial charge in [-0.1, -0.05) is 67.6 Å². The van der Waals surface area contributed by atoms with Crippen molar-refractivity contribution < 1.29 is 18.7 Å². The third kappa shape index (κ3) is 7.60. The van der Waals surface area contributed by atoms with Gasteiger partial charge in [-0.3, -0.25) is 9.59 Å². The molecule has 0 saturated heterocycles. The normalized spacial score (nSPS) is 11.5. The van der Waals surface area contributed by atoms with Gasteiger partial charge in [-0.15, -0.1) is 0 Å². The van der Waals surface area contributed by atoms with Crippen molar-refractivity contribution in [3.63, 3.8) is 0 Å². The van der Waals surface area contributed by atoms with Crippen LogP contribution >= 0.6 is 0 Å². The topological polar surface area (TPSA) is 58.6 Å². The van der Waals surface area contributed by atoms with E-state index in [0.29, 0.717) is 42.0 Å². The molecule has 0 aromatic heterocycles. The maximum absolute atomic E-state index is 13.9. The highest BCUT2D eigenvalue weighted by Crippen LogP contribution is 2.29. The largest absolute Gasteiger partial charge is 0.494 e. The number of hydrogen-bond donors (Lipinski definition) is 1. The van der Waals surface area contributed by atoms with E-state index in [-0.39, 0.29) is 23.7 Å². The number of benzene rings is 4. The van der Waals surface area contributed by atoms with Crippen LogP contribution in [0, 0.1) is 5.82 Å². The lowest BCUT2D eigenvalue weighted by Crippen LogP contribution is -2.34. The second-order valence-electron chi connectivity index (χ2n) is 9.96. The van der Waals surface area contributed by atoms with Crippen LogP contribution in [0.2, 0.25) is 0 Å². The van der Waals surface area contributed by atoms with Gasteiger partial charge in [0.1, 0.15) is 11.6 Å². The van der Waals surface area contributed by atoms with Gasteiger partial charge in [0.15, 0.2) is 0 Å². The fraction of sp³-hybridized carbons (Fsp3) is 0.257. The van der Waals surface area contributed by atoms with Crippen molar-refractivity contribution in [2.75, 3.05) is 19.7 Å². The number of hydrogen-bond acceptors (Lipinski definition) is 3. The number of halogens is 1. The minimum atomic E-state index is -0.324. The summed E-state index contributed by atoms with van der Waals surface area (Å²) in [6, 6.07) is 28.5. The van der Waals surface area contributed by atoms with E-state index < -0.39 is 0 Å². The first-order valence-electron chi connectivity index (χ1n) is 14.2. The van der Waals surface area contributed by atoms with Crippen LogP contribution in [0.4, 0.5) is 4.39 Å². The zero-order chi connectivity index (χ0) is 29.2. The van der Waals surface area contributed by atoms with E-state index in [4.69, 9.17) is 4.74 Å². The van der Waals surface area contributed by atoms with E-state index in [9.17, 15) is 14.0 Å². The smallest absolute Gasteiger partial charge is 0.254 e. The number of carbonyl (C=O) groups excluding carboxylic acids is 2. The van der Waals surface area contributed by atoms with E-state index in [0.717, 1.165) is 29.7 Å². The summed E-state index contributed by atoms with van der Waals surface area (Å²) in [7, 11) is 0. The fourth-order valence-corrected chi connectivity index (χ4v) is 4.87. The number of carbonyl (C=O) groups is 2. The van der Waals surface area contributed by atoms with Crippen molar-refractivity contribution in [3.05, 3.63) is 125 Å². The van der Waals surface area contributed by atoms with Gasteiger partial charge < -0.3 is 15.0 Å². The van der Waals surface area contributed by atoms with Crippen molar-refractivity contribution in [1.82, 2.24) is 10.2 Å². The Balaban J connectivity index is 1.56. The van der Waals surface area contributed by atoms with Crippen molar-refractivity contribution in [2.24, 2.45) is 0 Å². The van der Waals surface area contributed by atoms with Crippen LogP contribution in [0.1, 0.15) is 65.1 Å². The van der Waals surface area contributed by atoms with Gasteiger partial charge in [0, 0.05) is 24.2 Å². The first-order chi connectivity index (χ1) is 19.9. The highest BCUT2D eigenvalue weighted by Gasteiger charge is 2.22. The highest BCUT2D eigenvalue weighted by atomic mass is 19.1. The van der Waals surface area contributed by atoms with Crippen molar-refractivity contribution >= 4 is 11.8 Å². The number of nitrogens with zero attached hydrogens (tertiary/aromatic N) is 1. The highest BCUT2D eigenvalue weighted by molar-refractivity contribution is 6.06. The molecule has 4 aromatic carbocycles. The number of nitrogens with one attached hydrogen (secondary N) is 1. The Labute approximate surface area is 242 Å². The van der Waals surface area contributed by atoms with E-state index in [1.54, 1.807) is 18.2 Å². The van der Waals surface area contributed by atoms with Gasteiger partial charge in [-0.25, -0.2) is 4.39 Å². The SMILES string of the molecule is CCCN(CCc1ccc(OCC)cc1)C(=O)c1ccccc1-c1ccccc1C(=O)NC(C)c1ccc(F)cc1. The van der Waals surface area contributed by atoms with Crippen LogP contribution < -0.4 is 10.1 Å². The maximum atomic E-state index is 13.9. The standard InChI is InChI=1S/C35H37FN2O3/c1-4-23-38(24-22-26-14-20-29(21-15-26)41-5-2)35(40)33-13-9-7-11-31(33)30-10-6-8-12-32(30)34(39)37-25(3)27-16-18-28(36)19-17-27/h6-21,25H,4-5,22-24H2,1-3H3,(H,37,39). The number of rotatable bonds is 12. The number of amides is 2. The Bertz CT molecular complexity index is 1450. The third-order valence-corrected chi connectivity index (χ3v) is 7.02. The summed E-state index contributed by atoms with van der Waals surface area (Å²) in [6.45, 7) is 7.70. The molecular formula is C35H37FN2O3. The molecule has 1 N–H and O–H groups in total. The minimum absolute atomic E-state index is 0.0664. The van der Waals surface area contributed by atoms with E-state index in [1.807, 2.05) is 85.5 Å². The molecule has 0 aliphatic rings. The van der Waals surface area contributed by atoms with Gasteiger partial charge >= 0.3 is 0 Å². The Morgan fingerprint density at radius 2 is 1.41 bits per heavy atom. The summed E-state index contributed by atoms with van der Waals surface area (Å²) in [5, 5.41) is 3.02. The molecule has 0 aliphatic carbocycles. The molecule has 0 radical (unpaired) electrons. The van der Waals surface area contributed by atoms with Crippen molar-refractivity contribution in [2.45, 2.75) is 39.7 Å². The monoisotopic (exact) mass is 552 g/mol. The molecule has 1 atom stereocenters. The zero-order valence-corrected chi connectivity index (χ0v) is 23.9. The molecule has 0 spiro atoms. The molecule has 0 fully saturated rings. The van der Waals surface area contributed by atoms with E-state index in [2.05, 4.69) is 12.2 Å². The van der Waals surface area contributed by atoms with Gasteiger partial charge in [-0.2, -0.15) is 0 Å². The van der Waals surface area contributed by atoms with Crippen LogP contribution in [-0.2, 0) is 6.42 Å². The van der Waals surface area contributed by atoms with Crippen LogP contribution in [-0.4, -0.2) is 36.4 Å². The molecule has 2 amide bonds. The van der Waals surface area contributed by atoms with Crippen LogP contribution in [0.3, 0.4) is 0 Å². The molecule has 41 heavy (non-hydrogen) atoms. The van der Waals surface area contributed by atoms with Crippen molar-refractivity contribution in [3.8, 4) is 16.9 Å². The summed E-state index contributed by atoms with van der Waals surface area (Å²) in [6.07, 6.45) is 1.55. The minimum Gasteiger partial charge on any atom is -0.494 e. The zero-order valence-electron chi connectivity index (χ0n) is 23.9. The van der Waals surface area contributed by atoms with Gasteiger partial charge in [-0.05, 0) is 85.3 Å². The average molecular weight is 553 g/mol. The second kappa shape index (κ2) is 14.3. The fourth-order valence-electron chi connectivity index (χ4n) is 4.87. The molecule has 1 unspecified atom stereocenters. The molecular weight excluding hydrogens is 515 g/mol. The summed E-state index contributed by atoms with van der Waals surface area (Å²) < 4.78 is 18.9. The molecule has 4 aromatic rings. The van der Waals surface area contributed by atoms with Gasteiger partial charge in [0.25, 0.3) is 11.8 Å². The molecule has 0 bridgehead atoms. The lowest BCUT2D eigenvalue weighted by Gasteiger charge is -2.24. The van der Waals surface area contributed by atoms with Crippen LogP contribution in [0.25, 0.3) is 11.1 Å². The van der Waals surface area contributed by atoms with Gasteiger partial charge in [0.2, 0.25) is 0 Å². The first kappa shape index (κ1) is 29.5. The molecule has 6 heteroatoms. The summed E-state index contributed by atoms with van der Waals surface area (Å²) >= 11 is 0. The Morgan fingerprint density at radius 1 is 0.805 bits per heavy atom. The summed E-state index contributed by atoms with van der Waals surface area (Å²) in [4.78, 5) is 29.3. The maximum Gasteiger partial charge on any atom is 0.254 e. The molecule has 5 nitrogen and oxygen atoms in total. The van der Waals surface area contributed by atoms with E-state index in [1.165, 1.54) is 12.1 Å². The first-order valence-corrected chi connectivity index (χ1v) is 14.2. The quantitative estimate of drug-likeness (QED) is 0.198. The molecule has 4 rings (SSSR count). The summed E-state index contributed by atoms with van der Waals surface area (Å²) in [5.74, 6) is 0.181. The molecule has 0 saturated carbocycles. The molecule has 212 valence electrons. The van der Waals surface area contributed by atoms with Gasteiger partial charge in [0.05, 0.1) is 12.6 Å². The third-order valence-electron chi connectivity index (χ3n) is 7.02.